The van der Waals surface area contributed by atoms with Crippen LogP contribution in [0.1, 0.15) is 46.0 Å². The highest BCUT2D eigenvalue weighted by Crippen LogP contribution is 2.06. The van der Waals surface area contributed by atoms with Gasteiger partial charge < -0.3 is 14.6 Å². The van der Waals surface area contributed by atoms with Crippen LogP contribution in [0.25, 0.3) is 0 Å². The molecular formula is C15H25NO4. The number of carbonyl (C=O) groups is 1. The SMILES string of the molecule is CCCCCOC(C)COCCCC(=CC#N)C(=O)O. The molecule has 0 rings (SSSR count). The lowest BCUT2D eigenvalue weighted by Gasteiger charge is -2.13. The molecule has 0 radical (unpaired) electrons. The monoisotopic (exact) mass is 283 g/mol. The third kappa shape index (κ3) is 10.5. The zero-order chi connectivity index (χ0) is 15.2. The fourth-order valence-electron chi connectivity index (χ4n) is 1.62. The van der Waals surface area contributed by atoms with E-state index < -0.39 is 5.97 Å². The molecule has 0 aromatic heterocycles. The molecule has 1 unspecified atom stereocenters. The first-order valence-corrected chi connectivity index (χ1v) is 7.13. The van der Waals surface area contributed by atoms with Gasteiger partial charge in [-0.1, -0.05) is 19.8 Å². The predicted octanol–water partition coefficient (Wildman–Crippen LogP) is 2.91. The van der Waals surface area contributed by atoms with Gasteiger partial charge in [0.15, 0.2) is 0 Å². The molecule has 1 N–H and O–H groups in total. The van der Waals surface area contributed by atoms with Crippen molar-refractivity contribution in [1.82, 2.24) is 0 Å². The molecule has 0 aliphatic heterocycles. The van der Waals surface area contributed by atoms with E-state index in [4.69, 9.17) is 19.8 Å². The minimum Gasteiger partial charge on any atom is -0.478 e. The average Bonchev–Trinajstić information content (AvgIpc) is 2.42. The van der Waals surface area contributed by atoms with E-state index in [2.05, 4.69) is 6.92 Å². The van der Waals surface area contributed by atoms with Crippen molar-refractivity contribution in [3.63, 3.8) is 0 Å². The van der Waals surface area contributed by atoms with Gasteiger partial charge in [-0.2, -0.15) is 5.26 Å². The summed E-state index contributed by atoms with van der Waals surface area (Å²) in [5.41, 5.74) is 0.125. The Hall–Kier alpha value is -1.38. The standard InChI is InChI=1S/C15H25NO4/c1-3-4-5-11-20-13(2)12-19-10-6-7-14(8-9-16)15(17)18/h8,13H,3-7,10-12H2,1-2H3,(H,17,18). The number of nitriles is 1. The number of nitrogens with zero attached hydrogens (tertiary/aromatic N) is 1. The maximum absolute atomic E-state index is 10.8. The zero-order valence-electron chi connectivity index (χ0n) is 12.4. The van der Waals surface area contributed by atoms with Gasteiger partial charge in [0.05, 0.1) is 18.8 Å². The van der Waals surface area contributed by atoms with Gasteiger partial charge in [-0.15, -0.1) is 0 Å². The Bertz CT molecular complexity index is 333. The van der Waals surface area contributed by atoms with Crippen LogP contribution in [0.5, 0.6) is 0 Å². The molecule has 0 bridgehead atoms. The number of hydrogen-bond donors (Lipinski definition) is 1. The Morgan fingerprint density at radius 2 is 2.10 bits per heavy atom. The topological polar surface area (TPSA) is 79.5 Å². The first kappa shape index (κ1) is 18.6. The van der Waals surface area contributed by atoms with E-state index in [-0.39, 0.29) is 11.7 Å². The van der Waals surface area contributed by atoms with Crippen molar-refractivity contribution in [2.75, 3.05) is 19.8 Å². The highest BCUT2D eigenvalue weighted by atomic mass is 16.5. The van der Waals surface area contributed by atoms with Gasteiger partial charge in [-0.25, -0.2) is 4.79 Å². The molecule has 0 fully saturated rings. The van der Waals surface area contributed by atoms with Crippen LogP contribution in [-0.4, -0.2) is 37.0 Å². The van der Waals surface area contributed by atoms with Crippen molar-refractivity contribution >= 4 is 5.97 Å². The molecule has 20 heavy (non-hydrogen) atoms. The van der Waals surface area contributed by atoms with E-state index in [0.717, 1.165) is 19.1 Å². The first-order valence-electron chi connectivity index (χ1n) is 7.13. The molecule has 5 nitrogen and oxygen atoms in total. The number of rotatable bonds is 12. The highest BCUT2D eigenvalue weighted by Gasteiger charge is 2.07. The van der Waals surface area contributed by atoms with Crippen LogP contribution >= 0.6 is 0 Å². The normalized spacial score (nSPS) is 12.9. The Labute approximate surface area is 121 Å². The van der Waals surface area contributed by atoms with Crippen molar-refractivity contribution in [3.05, 3.63) is 11.6 Å². The predicted molar refractivity (Wildman–Crippen MR) is 76.3 cm³/mol. The number of unbranched alkanes of at least 4 members (excludes halogenated alkanes) is 2. The second-order valence-corrected chi connectivity index (χ2v) is 4.67. The minimum absolute atomic E-state index is 0.0560. The molecule has 0 saturated heterocycles. The lowest BCUT2D eigenvalue weighted by molar-refractivity contribution is -0.132. The van der Waals surface area contributed by atoms with E-state index in [0.29, 0.717) is 26.1 Å². The van der Waals surface area contributed by atoms with Crippen molar-refractivity contribution in [2.24, 2.45) is 0 Å². The number of hydrogen-bond acceptors (Lipinski definition) is 4. The van der Waals surface area contributed by atoms with Gasteiger partial charge in [0.2, 0.25) is 0 Å². The molecule has 0 aliphatic rings. The molecule has 5 heteroatoms. The highest BCUT2D eigenvalue weighted by molar-refractivity contribution is 5.87. The van der Waals surface area contributed by atoms with Crippen LogP contribution in [0.4, 0.5) is 0 Å². The maximum atomic E-state index is 10.8. The van der Waals surface area contributed by atoms with Crippen LogP contribution in [0.2, 0.25) is 0 Å². The van der Waals surface area contributed by atoms with E-state index >= 15 is 0 Å². The van der Waals surface area contributed by atoms with E-state index in [9.17, 15) is 4.79 Å². The van der Waals surface area contributed by atoms with Gasteiger partial charge in [-0.05, 0) is 26.2 Å². The van der Waals surface area contributed by atoms with Crippen molar-refractivity contribution < 1.29 is 19.4 Å². The molecular weight excluding hydrogens is 258 g/mol. The number of carboxylic acids is 1. The molecule has 0 amide bonds. The summed E-state index contributed by atoms with van der Waals surface area (Å²) in [6, 6.07) is 1.74. The number of carboxylic acid groups (broad SMARTS) is 1. The average molecular weight is 283 g/mol. The first-order chi connectivity index (χ1) is 9.61. The largest absolute Gasteiger partial charge is 0.478 e. The Balaban J connectivity index is 3.58. The van der Waals surface area contributed by atoms with Gasteiger partial charge in [-0.3, -0.25) is 0 Å². The quantitative estimate of drug-likeness (QED) is 0.338. The van der Waals surface area contributed by atoms with E-state index in [1.54, 1.807) is 6.07 Å². The molecule has 0 heterocycles. The van der Waals surface area contributed by atoms with Crippen LogP contribution in [0.3, 0.4) is 0 Å². The third-order valence-electron chi connectivity index (χ3n) is 2.75. The molecule has 1 atom stereocenters. The summed E-state index contributed by atoms with van der Waals surface area (Å²) >= 11 is 0. The Morgan fingerprint density at radius 3 is 2.70 bits per heavy atom. The van der Waals surface area contributed by atoms with Gasteiger partial charge in [0.1, 0.15) is 0 Å². The summed E-state index contributed by atoms with van der Waals surface area (Å²) in [5, 5.41) is 17.3. The maximum Gasteiger partial charge on any atom is 0.332 e. The van der Waals surface area contributed by atoms with Crippen LogP contribution in [0.15, 0.2) is 11.6 Å². The van der Waals surface area contributed by atoms with Gasteiger partial charge in [0, 0.05) is 24.9 Å². The molecule has 0 aromatic rings. The number of aliphatic carboxylic acids is 1. The van der Waals surface area contributed by atoms with Crippen molar-refractivity contribution in [2.45, 2.75) is 52.1 Å². The summed E-state index contributed by atoms with van der Waals surface area (Å²) in [7, 11) is 0. The lowest BCUT2D eigenvalue weighted by Crippen LogP contribution is -2.17. The van der Waals surface area contributed by atoms with Gasteiger partial charge >= 0.3 is 5.97 Å². The smallest absolute Gasteiger partial charge is 0.332 e. The zero-order valence-corrected chi connectivity index (χ0v) is 12.4. The summed E-state index contributed by atoms with van der Waals surface area (Å²) in [6.45, 7) is 5.85. The Morgan fingerprint density at radius 1 is 1.35 bits per heavy atom. The third-order valence-corrected chi connectivity index (χ3v) is 2.75. The minimum atomic E-state index is -1.04. The Kier molecular flexibility index (Phi) is 11.8. The van der Waals surface area contributed by atoms with E-state index in [1.165, 1.54) is 12.8 Å². The second-order valence-electron chi connectivity index (χ2n) is 4.67. The summed E-state index contributed by atoms with van der Waals surface area (Å²) < 4.78 is 11.0. The van der Waals surface area contributed by atoms with Crippen molar-refractivity contribution in [3.8, 4) is 6.07 Å². The van der Waals surface area contributed by atoms with E-state index in [1.807, 2.05) is 6.92 Å². The molecule has 114 valence electrons. The molecule has 0 aliphatic carbocycles. The van der Waals surface area contributed by atoms with Crippen LogP contribution < -0.4 is 0 Å². The summed E-state index contributed by atoms with van der Waals surface area (Å²) in [5.74, 6) is -1.04. The summed E-state index contributed by atoms with van der Waals surface area (Å²) in [4.78, 5) is 10.8. The molecule has 0 saturated carbocycles. The molecule has 0 aromatic carbocycles. The number of ether oxygens (including phenoxy) is 2. The fraction of sp³-hybridized carbons (Fsp3) is 0.733. The lowest BCUT2D eigenvalue weighted by atomic mass is 10.1. The second kappa shape index (κ2) is 12.6. The van der Waals surface area contributed by atoms with Crippen molar-refractivity contribution in [1.29, 1.82) is 5.26 Å². The number of allylic oxidation sites excluding steroid dienone is 1. The van der Waals surface area contributed by atoms with Crippen LogP contribution in [-0.2, 0) is 14.3 Å². The van der Waals surface area contributed by atoms with Crippen LogP contribution in [0, 0.1) is 11.3 Å². The fourth-order valence-corrected chi connectivity index (χ4v) is 1.62. The van der Waals surface area contributed by atoms with Gasteiger partial charge in [0.25, 0.3) is 0 Å². The molecule has 0 spiro atoms. The summed E-state index contributed by atoms with van der Waals surface area (Å²) in [6.07, 6.45) is 5.48.